The second-order valence-corrected chi connectivity index (χ2v) is 7.53. The fourth-order valence-corrected chi connectivity index (χ4v) is 3.58. The van der Waals surface area contributed by atoms with E-state index in [1.165, 1.54) is 56.9 Å². The molecule has 3 heteroatoms. The summed E-state index contributed by atoms with van der Waals surface area (Å²) in [5.74, 6) is 0.644. The maximum Gasteiger partial charge on any atom is 0.224 e. The fourth-order valence-electron chi connectivity index (χ4n) is 3.58. The van der Waals surface area contributed by atoms with Crippen molar-refractivity contribution in [2.75, 3.05) is 18.4 Å². The largest absolute Gasteiger partial charge is 0.326 e. The lowest BCUT2D eigenvalue weighted by Gasteiger charge is -2.10. The van der Waals surface area contributed by atoms with Crippen molar-refractivity contribution < 1.29 is 4.79 Å². The Labute approximate surface area is 154 Å². The molecule has 25 heavy (non-hydrogen) atoms. The maximum atomic E-state index is 12.1. The number of carbonyl (C=O) groups excluding carboxylic acids is 1. The molecular weight excluding hydrogens is 308 g/mol. The quantitative estimate of drug-likeness (QED) is 0.505. The highest BCUT2D eigenvalue weighted by Crippen LogP contribution is 2.16. The van der Waals surface area contributed by atoms with Crippen LogP contribution < -0.4 is 10.6 Å². The Bertz CT molecular complexity index is 477. The van der Waals surface area contributed by atoms with E-state index in [-0.39, 0.29) is 5.91 Å². The molecule has 0 bridgehead atoms. The molecule has 2 N–H and O–H groups in total. The third-order valence-corrected chi connectivity index (χ3v) is 5.19. The summed E-state index contributed by atoms with van der Waals surface area (Å²) in [6.07, 6.45) is 13.8. The maximum absolute atomic E-state index is 12.1. The van der Waals surface area contributed by atoms with Crippen molar-refractivity contribution >= 4 is 11.6 Å². The van der Waals surface area contributed by atoms with Gasteiger partial charge in [0.25, 0.3) is 0 Å². The summed E-state index contributed by atoms with van der Waals surface area (Å²) in [6, 6.07) is 8.41. The highest BCUT2D eigenvalue weighted by Gasteiger charge is 2.17. The number of anilines is 1. The van der Waals surface area contributed by atoms with Crippen LogP contribution in [0, 0.1) is 5.92 Å². The second-order valence-electron chi connectivity index (χ2n) is 7.53. The third kappa shape index (κ3) is 8.53. The summed E-state index contributed by atoms with van der Waals surface area (Å²) in [4.78, 5) is 12.1. The second kappa shape index (κ2) is 12.1. The van der Waals surface area contributed by atoms with E-state index in [1.807, 2.05) is 12.1 Å². The molecule has 1 atom stereocenters. The van der Waals surface area contributed by atoms with Crippen LogP contribution in [0.5, 0.6) is 0 Å². The van der Waals surface area contributed by atoms with Gasteiger partial charge >= 0.3 is 0 Å². The minimum atomic E-state index is 0.143. The van der Waals surface area contributed by atoms with E-state index >= 15 is 0 Å². The molecule has 1 aliphatic rings. The van der Waals surface area contributed by atoms with Gasteiger partial charge in [-0.2, -0.15) is 0 Å². The predicted octanol–water partition coefficient (Wildman–Crippen LogP) is 5.31. The molecule has 0 aliphatic carbocycles. The molecule has 2 rings (SSSR count). The van der Waals surface area contributed by atoms with Crippen LogP contribution in [0.1, 0.15) is 76.7 Å². The first-order valence-electron chi connectivity index (χ1n) is 10.4. The van der Waals surface area contributed by atoms with Crippen LogP contribution in [0.3, 0.4) is 0 Å². The van der Waals surface area contributed by atoms with Gasteiger partial charge in [0.2, 0.25) is 5.91 Å². The Hall–Kier alpha value is -1.35. The lowest BCUT2D eigenvalue weighted by atomic mass is 10.0. The Morgan fingerprint density at radius 2 is 1.72 bits per heavy atom. The van der Waals surface area contributed by atoms with Crippen molar-refractivity contribution in [2.24, 2.45) is 5.92 Å². The van der Waals surface area contributed by atoms with E-state index in [0.717, 1.165) is 31.6 Å². The number of amides is 1. The average Bonchev–Trinajstić information content (AvgIpc) is 3.11. The van der Waals surface area contributed by atoms with Crippen molar-refractivity contribution in [3.63, 3.8) is 0 Å². The first-order valence-corrected chi connectivity index (χ1v) is 10.4. The number of unbranched alkanes of at least 4 members (excludes halogenated alkanes) is 7. The third-order valence-electron chi connectivity index (χ3n) is 5.19. The Balaban J connectivity index is 1.57. The number of aryl methyl sites for hydroxylation is 1. The van der Waals surface area contributed by atoms with Crippen LogP contribution >= 0.6 is 0 Å². The van der Waals surface area contributed by atoms with Gasteiger partial charge in [0.05, 0.1) is 0 Å². The number of benzene rings is 1. The Morgan fingerprint density at radius 1 is 1.04 bits per heavy atom. The van der Waals surface area contributed by atoms with Gasteiger partial charge in [-0.15, -0.1) is 0 Å². The number of carbonyl (C=O) groups is 1. The Kier molecular flexibility index (Phi) is 9.65. The van der Waals surface area contributed by atoms with Crippen molar-refractivity contribution in [1.82, 2.24) is 5.32 Å². The molecule has 0 aromatic heterocycles. The normalized spacial score (nSPS) is 16.9. The molecular formula is C22H36N2O. The SMILES string of the molecule is CCCCCCCCCCc1ccc(NC(=O)C[C@@H]2CCNC2)cc1. The molecule has 3 nitrogen and oxygen atoms in total. The van der Waals surface area contributed by atoms with Gasteiger partial charge in [0.1, 0.15) is 0 Å². The van der Waals surface area contributed by atoms with Gasteiger partial charge in [-0.25, -0.2) is 0 Å². The molecule has 1 fully saturated rings. The van der Waals surface area contributed by atoms with Crippen LogP contribution in [-0.2, 0) is 11.2 Å². The summed E-state index contributed by atoms with van der Waals surface area (Å²) < 4.78 is 0. The first kappa shape index (κ1) is 20.0. The number of hydrogen-bond acceptors (Lipinski definition) is 2. The molecule has 0 spiro atoms. The van der Waals surface area contributed by atoms with Crippen LogP contribution in [-0.4, -0.2) is 19.0 Å². The standard InChI is InChI=1S/C22H36N2O/c1-2-3-4-5-6-7-8-9-10-19-11-13-21(14-12-19)24-22(25)17-20-15-16-23-18-20/h11-14,20,23H,2-10,15-18H2,1H3,(H,24,25)/t20-/m0/s1. The van der Waals surface area contributed by atoms with E-state index in [4.69, 9.17) is 0 Å². The zero-order chi connectivity index (χ0) is 17.7. The summed E-state index contributed by atoms with van der Waals surface area (Å²) >= 11 is 0. The molecule has 0 radical (unpaired) electrons. The van der Waals surface area contributed by atoms with Gasteiger partial charge in [-0.3, -0.25) is 4.79 Å². The van der Waals surface area contributed by atoms with Crippen LogP contribution in [0.2, 0.25) is 0 Å². The van der Waals surface area contributed by atoms with Gasteiger partial charge < -0.3 is 10.6 Å². The summed E-state index contributed by atoms with van der Waals surface area (Å²) in [7, 11) is 0. The smallest absolute Gasteiger partial charge is 0.224 e. The van der Waals surface area contributed by atoms with Gasteiger partial charge in [0, 0.05) is 12.1 Å². The van der Waals surface area contributed by atoms with Crippen molar-refractivity contribution in [3.8, 4) is 0 Å². The summed E-state index contributed by atoms with van der Waals surface area (Å²) in [5.41, 5.74) is 2.31. The first-order chi connectivity index (χ1) is 12.3. The number of hydrogen-bond donors (Lipinski definition) is 2. The molecule has 1 aliphatic heterocycles. The molecule has 140 valence electrons. The van der Waals surface area contributed by atoms with Gasteiger partial charge in [-0.05, 0) is 56.0 Å². The van der Waals surface area contributed by atoms with Crippen molar-refractivity contribution in [3.05, 3.63) is 29.8 Å². The molecule has 1 saturated heterocycles. The van der Waals surface area contributed by atoms with E-state index in [2.05, 4.69) is 29.7 Å². The van der Waals surface area contributed by atoms with Crippen LogP contribution in [0.4, 0.5) is 5.69 Å². The summed E-state index contributed by atoms with van der Waals surface area (Å²) in [6.45, 7) is 4.29. The lowest BCUT2D eigenvalue weighted by Crippen LogP contribution is -2.18. The van der Waals surface area contributed by atoms with Crippen molar-refractivity contribution in [2.45, 2.75) is 77.6 Å². The zero-order valence-corrected chi connectivity index (χ0v) is 16.0. The minimum absolute atomic E-state index is 0.143. The molecule has 1 amide bonds. The van der Waals surface area contributed by atoms with E-state index < -0.39 is 0 Å². The van der Waals surface area contributed by atoms with Gasteiger partial charge in [0.15, 0.2) is 0 Å². The monoisotopic (exact) mass is 344 g/mol. The Morgan fingerprint density at radius 3 is 2.36 bits per heavy atom. The highest BCUT2D eigenvalue weighted by atomic mass is 16.1. The van der Waals surface area contributed by atoms with Crippen molar-refractivity contribution in [1.29, 1.82) is 0 Å². The van der Waals surface area contributed by atoms with E-state index in [1.54, 1.807) is 0 Å². The zero-order valence-electron chi connectivity index (χ0n) is 16.0. The lowest BCUT2D eigenvalue weighted by molar-refractivity contribution is -0.116. The highest BCUT2D eigenvalue weighted by molar-refractivity contribution is 5.90. The molecule has 1 aromatic carbocycles. The molecule has 1 heterocycles. The van der Waals surface area contributed by atoms with E-state index in [0.29, 0.717) is 12.3 Å². The van der Waals surface area contributed by atoms with Crippen LogP contribution in [0.15, 0.2) is 24.3 Å². The average molecular weight is 345 g/mol. The van der Waals surface area contributed by atoms with Crippen LogP contribution in [0.25, 0.3) is 0 Å². The summed E-state index contributed by atoms with van der Waals surface area (Å²) in [5, 5.41) is 6.34. The molecule has 1 aromatic rings. The van der Waals surface area contributed by atoms with Gasteiger partial charge in [-0.1, -0.05) is 64.0 Å². The number of rotatable bonds is 12. The molecule has 0 saturated carbocycles. The predicted molar refractivity (Wildman–Crippen MR) is 107 cm³/mol. The number of nitrogens with one attached hydrogen (secondary N) is 2. The topological polar surface area (TPSA) is 41.1 Å². The fraction of sp³-hybridized carbons (Fsp3) is 0.682. The minimum Gasteiger partial charge on any atom is -0.326 e. The van der Waals surface area contributed by atoms with E-state index in [9.17, 15) is 4.79 Å². The molecule has 0 unspecified atom stereocenters.